The van der Waals surface area contributed by atoms with Gasteiger partial charge >= 0.3 is 0 Å². The van der Waals surface area contributed by atoms with Gasteiger partial charge in [-0.1, -0.05) is 0 Å². The molecule has 7 nitrogen and oxygen atoms in total. The molecular formula is C23H26F2N6O. The van der Waals surface area contributed by atoms with Gasteiger partial charge < -0.3 is 15.3 Å². The summed E-state index contributed by atoms with van der Waals surface area (Å²) in [6.07, 6.45) is 5.90. The third-order valence-electron chi connectivity index (χ3n) is 7.04. The van der Waals surface area contributed by atoms with E-state index in [1.807, 2.05) is 18.9 Å². The Balaban J connectivity index is 1.41. The highest BCUT2D eigenvalue weighted by atomic mass is 19.1. The number of aromatic amines is 1. The van der Waals surface area contributed by atoms with Crippen LogP contribution in [0, 0.1) is 5.82 Å². The van der Waals surface area contributed by atoms with E-state index < -0.39 is 17.5 Å². The zero-order valence-electron chi connectivity index (χ0n) is 18.2. The molecular weight excluding hydrogens is 414 g/mol. The summed E-state index contributed by atoms with van der Waals surface area (Å²) in [6.45, 7) is 4.09. The summed E-state index contributed by atoms with van der Waals surface area (Å²) in [5.41, 5.74) is 0.602. The van der Waals surface area contributed by atoms with Crippen LogP contribution in [0.5, 0.6) is 5.75 Å². The van der Waals surface area contributed by atoms with Gasteiger partial charge in [0.25, 0.3) is 0 Å². The number of nitrogens with zero attached hydrogens (tertiary/aromatic N) is 4. The molecule has 4 heterocycles. The first-order valence-corrected chi connectivity index (χ1v) is 10.7. The first-order valence-electron chi connectivity index (χ1n) is 10.7. The van der Waals surface area contributed by atoms with E-state index in [0.29, 0.717) is 23.6 Å². The molecule has 2 fully saturated rings. The van der Waals surface area contributed by atoms with Crippen molar-refractivity contribution in [3.63, 3.8) is 0 Å². The smallest absolute Gasteiger partial charge is 0.147 e. The van der Waals surface area contributed by atoms with E-state index in [4.69, 9.17) is 0 Å². The van der Waals surface area contributed by atoms with Gasteiger partial charge in [-0.25, -0.2) is 13.8 Å². The molecule has 0 spiro atoms. The van der Waals surface area contributed by atoms with Crippen molar-refractivity contribution >= 4 is 5.82 Å². The molecule has 2 aromatic heterocycles. The van der Waals surface area contributed by atoms with Crippen LogP contribution in [-0.2, 0) is 0 Å². The van der Waals surface area contributed by atoms with Crippen molar-refractivity contribution in [2.45, 2.75) is 56.4 Å². The van der Waals surface area contributed by atoms with Gasteiger partial charge in [0.2, 0.25) is 0 Å². The quantitative estimate of drug-likeness (QED) is 0.571. The zero-order chi connectivity index (χ0) is 22.7. The number of aromatic nitrogens is 4. The van der Waals surface area contributed by atoms with Gasteiger partial charge in [0.15, 0.2) is 0 Å². The minimum Gasteiger partial charge on any atom is -0.507 e. The Morgan fingerprint density at radius 1 is 1.16 bits per heavy atom. The first-order chi connectivity index (χ1) is 15.2. The van der Waals surface area contributed by atoms with Gasteiger partial charge in [-0.05, 0) is 51.3 Å². The fraction of sp³-hybridized carbons (Fsp3) is 0.435. The van der Waals surface area contributed by atoms with Crippen LogP contribution in [0.1, 0.15) is 33.1 Å². The molecule has 1 aromatic carbocycles. The van der Waals surface area contributed by atoms with Crippen molar-refractivity contribution in [1.82, 2.24) is 25.5 Å². The summed E-state index contributed by atoms with van der Waals surface area (Å²) in [4.78, 5) is 10.7. The van der Waals surface area contributed by atoms with Crippen LogP contribution in [-0.4, -0.2) is 55.6 Å². The number of phenolic OH excluding ortho intramolecular Hbond substituents is 1. The predicted molar refractivity (Wildman–Crippen MR) is 118 cm³/mol. The van der Waals surface area contributed by atoms with Crippen molar-refractivity contribution in [1.29, 1.82) is 0 Å². The van der Waals surface area contributed by atoms with Crippen molar-refractivity contribution in [3.8, 4) is 28.3 Å². The summed E-state index contributed by atoms with van der Waals surface area (Å²) in [5.74, 6) is -0.105. The lowest BCUT2D eigenvalue weighted by Crippen LogP contribution is -2.65. The molecule has 2 aliphatic rings. The van der Waals surface area contributed by atoms with Crippen LogP contribution in [0.3, 0.4) is 0 Å². The Kier molecular flexibility index (Phi) is 4.70. The van der Waals surface area contributed by atoms with Gasteiger partial charge in [-0.3, -0.25) is 10.1 Å². The minimum atomic E-state index is -1.04. The number of anilines is 1. The molecule has 168 valence electrons. The summed E-state index contributed by atoms with van der Waals surface area (Å²) in [6, 6.07) is 3.85. The molecule has 4 atom stereocenters. The summed E-state index contributed by atoms with van der Waals surface area (Å²) in [5, 5.41) is 20.4. The molecule has 0 saturated carbocycles. The number of benzene rings is 1. The number of hydrogen-bond donors (Lipinski definition) is 3. The molecule has 2 bridgehead atoms. The third kappa shape index (κ3) is 3.31. The third-order valence-corrected chi connectivity index (χ3v) is 7.04. The lowest BCUT2D eigenvalue weighted by Gasteiger charge is -2.47. The molecule has 3 N–H and O–H groups in total. The van der Waals surface area contributed by atoms with E-state index in [1.165, 1.54) is 30.7 Å². The van der Waals surface area contributed by atoms with Crippen LogP contribution in [0.4, 0.5) is 14.6 Å². The molecule has 0 radical (unpaired) electrons. The number of phenols is 1. The number of fused-ring (bicyclic) bond motifs is 2. The predicted octanol–water partition coefficient (Wildman–Crippen LogP) is 3.83. The van der Waals surface area contributed by atoms with Crippen LogP contribution >= 0.6 is 0 Å². The summed E-state index contributed by atoms with van der Waals surface area (Å²) in [7, 11) is 1.83. The second kappa shape index (κ2) is 7.23. The van der Waals surface area contributed by atoms with Gasteiger partial charge in [-0.15, -0.1) is 0 Å². The molecule has 32 heavy (non-hydrogen) atoms. The average Bonchev–Trinajstić information content (AvgIpc) is 3.39. The largest absolute Gasteiger partial charge is 0.507 e. The van der Waals surface area contributed by atoms with Gasteiger partial charge in [0.05, 0.1) is 29.8 Å². The van der Waals surface area contributed by atoms with E-state index in [-0.39, 0.29) is 28.5 Å². The van der Waals surface area contributed by atoms with E-state index in [9.17, 15) is 9.50 Å². The zero-order valence-corrected chi connectivity index (χ0v) is 18.2. The highest BCUT2D eigenvalue weighted by Gasteiger charge is 2.56. The van der Waals surface area contributed by atoms with Gasteiger partial charge in [0, 0.05) is 35.4 Å². The Hall–Kier alpha value is -3.07. The van der Waals surface area contributed by atoms with Crippen LogP contribution < -0.4 is 10.2 Å². The van der Waals surface area contributed by atoms with Gasteiger partial charge in [-0.2, -0.15) is 5.10 Å². The number of hydrogen-bond acceptors (Lipinski definition) is 6. The molecule has 5 rings (SSSR count). The number of piperidine rings is 1. The second-order valence-electron chi connectivity index (χ2n) is 9.47. The molecule has 2 aliphatic heterocycles. The SMILES string of the molecule is CN(c1cnc(-c2cc(F)c(-c3ccn[nH]3)cc2O)cn1)[C@@H]1C[C@@]2(C)CC[C@](C)(N2)[C@@H]1F. The monoisotopic (exact) mass is 440 g/mol. The van der Waals surface area contributed by atoms with E-state index in [2.05, 4.69) is 32.4 Å². The topological polar surface area (TPSA) is 90.0 Å². The molecule has 2 saturated heterocycles. The molecule has 0 unspecified atom stereocenters. The maximum Gasteiger partial charge on any atom is 0.147 e. The number of rotatable bonds is 4. The number of aromatic hydroxyl groups is 1. The van der Waals surface area contributed by atoms with E-state index >= 15 is 4.39 Å². The number of alkyl halides is 1. The highest BCUT2D eigenvalue weighted by Crippen LogP contribution is 2.45. The standard InChI is InChI=1S/C23H26F2N6O/c1-22-5-6-23(2,30-22)21(25)18(10-22)31(3)20-12-26-17(11-27-20)14-8-15(24)13(9-19(14)32)16-4-7-28-29-16/h4,7-9,11-12,18,21,30,32H,5-6,10H2,1-3H3,(H,28,29)/t18-,21-,22-,23+/m1/s1. The van der Waals surface area contributed by atoms with Crippen LogP contribution in [0.15, 0.2) is 36.8 Å². The first kappa shape index (κ1) is 20.8. The summed E-state index contributed by atoms with van der Waals surface area (Å²) >= 11 is 0. The fourth-order valence-electron chi connectivity index (χ4n) is 5.22. The maximum atomic E-state index is 15.4. The Bertz CT molecular complexity index is 1140. The van der Waals surface area contributed by atoms with Crippen molar-refractivity contribution in [2.75, 3.05) is 11.9 Å². The lowest BCUT2D eigenvalue weighted by atomic mass is 9.82. The Morgan fingerprint density at radius 3 is 2.66 bits per heavy atom. The molecule has 3 aromatic rings. The van der Waals surface area contributed by atoms with Crippen LogP contribution in [0.2, 0.25) is 0 Å². The molecule has 9 heteroatoms. The normalized spacial score (nSPS) is 29.3. The van der Waals surface area contributed by atoms with Gasteiger partial charge in [0.1, 0.15) is 23.6 Å². The highest BCUT2D eigenvalue weighted by molar-refractivity contribution is 5.73. The number of H-pyrrole nitrogens is 1. The maximum absolute atomic E-state index is 15.4. The summed E-state index contributed by atoms with van der Waals surface area (Å²) < 4.78 is 30.1. The lowest BCUT2D eigenvalue weighted by molar-refractivity contribution is 0.0859. The Labute approximate surface area is 184 Å². The van der Waals surface area contributed by atoms with Crippen molar-refractivity contribution in [3.05, 3.63) is 42.6 Å². The van der Waals surface area contributed by atoms with E-state index in [1.54, 1.807) is 6.07 Å². The Morgan fingerprint density at radius 2 is 1.97 bits per heavy atom. The average molecular weight is 440 g/mol. The van der Waals surface area contributed by atoms with Crippen LogP contribution in [0.25, 0.3) is 22.5 Å². The van der Waals surface area contributed by atoms with Crippen molar-refractivity contribution in [2.24, 2.45) is 0 Å². The second-order valence-corrected chi connectivity index (χ2v) is 9.47. The van der Waals surface area contributed by atoms with Crippen molar-refractivity contribution < 1.29 is 13.9 Å². The molecule has 0 amide bonds. The fourth-order valence-corrected chi connectivity index (χ4v) is 5.22. The minimum absolute atomic E-state index is 0.0939. The number of halogens is 2. The van der Waals surface area contributed by atoms with E-state index in [0.717, 1.165) is 12.8 Å². The number of nitrogens with one attached hydrogen (secondary N) is 2. The molecule has 0 aliphatic carbocycles.